The van der Waals surface area contributed by atoms with E-state index in [1.165, 1.54) is 45.7 Å². The molecule has 0 saturated carbocycles. The first kappa shape index (κ1) is 21.3. The third kappa shape index (κ3) is 4.78. The van der Waals surface area contributed by atoms with Crippen molar-refractivity contribution in [2.75, 3.05) is 21.3 Å². The molecule has 3 aromatic rings. The number of nitrogens with zero attached hydrogens (tertiary/aromatic N) is 3. The highest BCUT2D eigenvalue weighted by Crippen LogP contribution is 2.33. The van der Waals surface area contributed by atoms with Crippen molar-refractivity contribution in [2.45, 2.75) is 0 Å². The van der Waals surface area contributed by atoms with Crippen molar-refractivity contribution in [3.8, 4) is 28.5 Å². The fraction of sp³-hybridized carbons (Fsp3) is 0.150. The van der Waals surface area contributed by atoms with Gasteiger partial charge in [0.25, 0.3) is 11.6 Å². The number of aromatic nitrogens is 2. The molecule has 1 heterocycles. The number of nitro benzene ring substituents is 1. The van der Waals surface area contributed by atoms with Crippen LogP contribution in [0.4, 0.5) is 5.69 Å². The van der Waals surface area contributed by atoms with Gasteiger partial charge in [0.1, 0.15) is 11.4 Å². The normalized spacial score (nSPS) is 10.7. The van der Waals surface area contributed by atoms with Crippen molar-refractivity contribution in [1.82, 2.24) is 15.6 Å². The summed E-state index contributed by atoms with van der Waals surface area (Å²) in [4.78, 5) is 22.8. The van der Waals surface area contributed by atoms with Crippen LogP contribution in [0.15, 0.2) is 47.6 Å². The summed E-state index contributed by atoms with van der Waals surface area (Å²) < 4.78 is 15.8. The van der Waals surface area contributed by atoms with Crippen LogP contribution in [0.1, 0.15) is 16.1 Å². The molecule has 160 valence electrons. The topological polar surface area (TPSA) is 141 Å². The van der Waals surface area contributed by atoms with E-state index in [-0.39, 0.29) is 11.4 Å². The minimum absolute atomic E-state index is 0.0695. The molecule has 31 heavy (non-hydrogen) atoms. The van der Waals surface area contributed by atoms with Gasteiger partial charge in [-0.25, -0.2) is 5.43 Å². The lowest BCUT2D eigenvalue weighted by Gasteiger charge is -2.11. The number of nitro groups is 1. The standard InChI is InChI=1S/C20H19N5O6/c1-29-17-10-19(31-3)18(30-2)8-13(17)11-21-24-20(26)16-9-15(22-23-16)12-5-4-6-14(7-12)25(27)28/h4-11H,1-3H3,(H,22,23)(H,24,26). The molecule has 11 heteroatoms. The van der Waals surface area contributed by atoms with Crippen LogP contribution >= 0.6 is 0 Å². The smallest absolute Gasteiger partial charge is 0.289 e. The lowest BCUT2D eigenvalue weighted by molar-refractivity contribution is -0.384. The number of hydrogen-bond donors (Lipinski definition) is 2. The average Bonchev–Trinajstić information content (AvgIpc) is 3.29. The summed E-state index contributed by atoms with van der Waals surface area (Å²) in [5.41, 5.74) is 3.90. The zero-order valence-electron chi connectivity index (χ0n) is 16.9. The first-order valence-electron chi connectivity index (χ1n) is 8.90. The summed E-state index contributed by atoms with van der Waals surface area (Å²) in [6, 6.07) is 10.7. The van der Waals surface area contributed by atoms with Crippen LogP contribution in [0.5, 0.6) is 17.2 Å². The van der Waals surface area contributed by atoms with Gasteiger partial charge in [0.2, 0.25) is 0 Å². The molecule has 2 aromatic carbocycles. The highest BCUT2D eigenvalue weighted by Gasteiger charge is 2.14. The van der Waals surface area contributed by atoms with Gasteiger partial charge in [-0.15, -0.1) is 0 Å². The van der Waals surface area contributed by atoms with Crippen LogP contribution in [0, 0.1) is 10.1 Å². The molecule has 0 saturated heterocycles. The molecule has 0 radical (unpaired) electrons. The second kappa shape index (κ2) is 9.39. The highest BCUT2D eigenvalue weighted by atomic mass is 16.6. The Morgan fingerprint density at radius 1 is 1.10 bits per heavy atom. The lowest BCUT2D eigenvalue weighted by atomic mass is 10.1. The summed E-state index contributed by atoms with van der Waals surface area (Å²) >= 11 is 0. The van der Waals surface area contributed by atoms with Crippen molar-refractivity contribution in [3.05, 3.63) is 63.8 Å². The molecule has 0 fully saturated rings. The Morgan fingerprint density at radius 3 is 2.48 bits per heavy atom. The van der Waals surface area contributed by atoms with Crippen molar-refractivity contribution >= 4 is 17.8 Å². The van der Waals surface area contributed by atoms with Gasteiger partial charge in [0.15, 0.2) is 11.5 Å². The van der Waals surface area contributed by atoms with Crippen LogP contribution in [0.3, 0.4) is 0 Å². The van der Waals surface area contributed by atoms with Crippen LogP contribution in [0.25, 0.3) is 11.3 Å². The molecule has 0 unspecified atom stereocenters. The highest BCUT2D eigenvalue weighted by molar-refractivity contribution is 5.94. The summed E-state index contributed by atoms with van der Waals surface area (Å²) in [6.45, 7) is 0. The number of hydrazone groups is 1. The molecule has 0 aliphatic rings. The molecule has 0 aliphatic carbocycles. The van der Waals surface area contributed by atoms with Crippen LogP contribution < -0.4 is 19.6 Å². The van der Waals surface area contributed by atoms with E-state index >= 15 is 0 Å². The quantitative estimate of drug-likeness (QED) is 0.321. The molecular weight excluding hydrogens is 406 g/mol. The number of aromatic amines is 1. The molecule has 0 bridgehead atoms. The average molecular weight is 425 g/mol. The fourth-order valence-electron chi connectivity index (χ4n) is 2.74. The SMILES string of the molecule is COc1cc(OC)c(OC)cc1C=NNC(=O)c1cc(-c2cccc([N+](=O)[O-])c2)n[nH]1. The van der Waals surface area contributed by atoms with Crippen molar-refractivity contribution in [2.24, 2.45) is 5.10 Å². The summed E-state index contributed by atoms with van der Waals surface area (Å²) in [5.74, 6) is 0.905. The summed E-state index contributed by atoms with van der Waals surface area (Å²) in [5, 5.41) is 21.5. The molecule has 1 amide bonds. The minimum atomic E-state index is -0.542. The number of carbonyl (C=O) groups excluding carboxylic acids is 1. The van der Waals surface area contributed by atoms with Gasteiger partial charge in [-0.3, -0.25) is 20.0 Å². The Labute approximate surface area is 176 Å². The van der Waals surface area contributed by atoms with Crippen molar-refractivity contribution in [3.63, 3.8) is 0 Å². The van der Waals surface area contributed by atoms with E-state index in [2.05, 4.69) is 20.7 Å². The zero-order valence-corrected chi connectivity index (χ0v) is 16.9. The molecule has 0 atom stereocenters. The summed E-state index contributed by atoms with van der Waals surface area (Å²) in [6.07, 6.45) is 1.40. The lowest BCUT2D eigenvalue weighted by Crippen LogP contribution is -2.18. The molecule has 0 aliphatic heterocycles. The largest absolute Gasteiger partial charge is 0.496 e. The molecule has 2 N–H and O–H groups in total. The number of amides is 1. The predicted octanol–water partition coefficient (Wildman–Crippen LogP) is 2.77. The Morgan fingerprint density at radius 2 is 1.81 bits per heavy atom. The maximum atomic E-state index is 12.4. The first-order valence-corrected chi connectivity index (χ1v) is 8.90. The van der Waals surface area contributed by atoms with E-state index in [4.69, 9.17) is 14.2 Å². The Balaban J connectivity index is 1.74. The Hall–Kier alpha value is -4.41. The van der Waals surface area contributed by atoms with Crippen LogP contribution in [0.2, 0.25) is 0 Å². The third-order valence-corrected chi connectivity index (χ3v) is 4.28. The van der Waals surface area contributed by atoms with E-state index in [0.717, 1.165) is 0 Å². The molecular formula is C20H19N5O6. The molecule has 0 spiro atoms. The first-order chi connectivity index (χ1) is 15.0. The van der Waals surface area contributed by atoms with Gasteiger partial charge in [0.05, 0.1) is 38.2 Å². The maximum Gasteiger partial charge on any atom is 0.289 e. The van der Waals surface area contributed by atoms with Crippen LogP contribution in [-0.4, -0.2) is 48.6 Å². The third-order valence-electron chi connectivity index (χ3n) is 4.28. The number of carbonyl (C=O) groups is 1. The van der Waals surface area contributed by atoms with E-state index < -0.39 is 10.8 Å². The van der Waals surface area contributed by atoms with Gasteiger partial charge < -0.3 is 14.2 Å². The van der Waals surface area contributed by atoms with Gasteiger partial charge >= 0.3 is 0 Å². The summed E-state index contributed by atoms with van der Waals surface area (Å²) in [7, 11) is 4.51. The number of benzene rings is 2. The number of methoxy groups -OCH3 is 3. The van der Waals surface area contributed by atoms with E-state index in [9.17, 15) is 14.9 Å². The number of nitrogens with one attached hydrogen (secondary N) is 2. The van der Waals surface area contributed by atoms with E-state index in [1.54, 1.807) is 24.3 Å². The molecule has 3 rings (SSSR count). The number of non-ortho nitro benzene ring substituents is 1. The van der Waals surface area contributed by atoms with Gasteiger partial charge in [-0.2, -0.15) is 10.2 Å². The molecule has 11 nitrogen and oxygen atoms in total. The number of H-pyrrole nitrogens is 1. The minimum Gasteiger partial charge on any atom is -0.496 e. The number of rotatable bonds is 8. The Bertz CT molecular complexity index is 1140. The predicted molar refractivity (Wildman–Crippen MR) is 112 cm³/mol. The monoisotopic (exact) mass is 425 g/mol. The zero-order chi connectivity index (χ0) is 22.4. The second-order valence-corrected chi connectivity index (χ2v) is 6.12. The van der Waals surface area contributed by atoms with Crippen LogP contribution in [-0.2, 0) is 0 Å². The van der Waals surface area contributed by atoms with Crippen molar-refractivity contribution < 1.29 is 23.9 Å². The van der Waals surface area contributed by atoms with E-state index in [1.807, 2.05) is 0 Å². The second-order valence-electron chi connectivity index (χ2n) is 6.12. The van der Waals surface area contributed by atoms with Gasteiger partial charge in [-0.05, 0) is 12.1 Å². The van der Waals surface area contributed by atoms with E-state index in [0.29, 0.717) is 34.1 Å². The molecule has 1 aromatic heterocycles. The number of hydrogen-bond acceptors (Lipinski definition) is 8. The number of ether oxygens (including phenoxy) is 3. The van der Waals surface area contributed by atoms with Gasteiger partial charge in [0, 0.05) is 29.3 Å². The fourth-order valence-corrected chi connectivity index (χ4v) is 2.74. The Kier molecular flexibility index (Phi) is 6.45. The van der Waals surface area contributed by atoms with Crippen molar-refractivity contribution in [1.29, 1.82) is 0 Å². The van der Waals surface area contributed by atoms with Gasteiger partial charge in [-0.1, -0.05) is 12.1 Å². The maximum absolute atomic E-state index is 12.4.